The Morgan fingerprint density at radius 2 is 2.18 bits per heavy atom. The van der Waals surface area contributed by atoms with Crippen LogP contribution < -0.4 is 5.73 Å². The number of rotatable bonds is 6. The number of likely N-dealkylation sites (tertiary alicyclic amines) is 1. The lowest BCUT2D eigenvalue weighted by atomic mass is 10.1. The molecule has 1 aliphatic heterocycles. The highest BCUT2D eigenvalue weighted by Gasteiger charge is 2.19. The number of hydrogen-bond donors (Lipinski definition) is 1. The van der Waals surface area contributed by atoms with Gasteiger partial charge in [0, 0.05) is 32.7 Å². The Morgan fingerprint density at radius 1 is 1.53 bits per heavy atom. The van der Waals surface area contributed by atoms with Crippen LogP contribution in [0.4, 0.5) is 0 Å². The molecule has 1 aliphatic rings. The molecular weight excluding hydrogens is 214 g/mol. The maximum Gasteiger partial charge on any atom is 0.236 e. The molecule has 0 radical (unpaired) electrons. The highest BCUT2D eigenvalue weighted by Crippen LogP contribution is 2.08. The van der Waals surface area contributed by atoms with Gasteiger partial charge < -0.3 is 10.6 Å². The van der Waals surface area contributed by atoms with E-state index in [0.717, 1.165) is 45.3 Å². The molecule has 1 heterocycles. The number of carbonyl (C=O) groups is 1. The molecule has 1 amide bonds. The van der Waals surface area contributed by atoms with Gasteiger partial charge in [0.1, 0.15) is 0 Å². The van der Waals surface area contributed by atoms with E-state index >= 15 is 0 Å². The van der Waals surface area contributed by atoms with E-state index in [9.17, 15) is 4.79 Å². The lowest BCUT2D eigenvalue weighted by Crippen LogP contribution is -2.45. The monoisotopic (exact) mass is 239 g/mol. The second-order valence-electron chi connectivity index (χ2n) is 4.86. The van der Waals surface area contributed by atoms with Crippen LogP contribution in [0.1, 0.15) is 25.7 Å². The summed E-state index contributed by atoms with van der Waals surface area (Å²) in [6.45, 7) is 6.94. The van der Waals surface area contributed by atoms with Gasteiger partial charge in [0.05, 0.1) is 6.54 Å². The van der Waals surface area contributed by atoms with Gasteiger partial charge in [0.25, 0.3) is 0 Å². The van der Waals surface area contributed by atoms with Crippen molar-refractivity contribution in [1.82, 2.24) is 9.80 Å². The number of unbranched alkanes of at least 4 members (excludes halogenated alkanes) is 1. The summed E-state index contributed by atoms with van der Waals surface area (Å²) in [4.78, 5) is 15.9. The quantitative estimate of drug-likeness (QED) is 0.552. The Balaban J connectivity index is 2.21. The number of allylic oxidation sites excluding steroid dienone is 1. The minimum absolute atomic E-state index is 0.213. The maximum atomic E-state index is 11.9. The van der Waals surface area contributed by atoms with Crippen molar-refractivity contribution in [3.8, 4) is 0 Å². The number of nitrogens with two attached hydrogens (primary N) is 1. The van der Waals surface area contributed by atoms with Gasteiger partial charge >= 0.3 is 0 Å². The second kappa shape index (κ2) is 7.45. The summed E-state index contributed by atoms with van der Waals surface area (Å²) in [5, 5.41) is 0. The Bertz CT molecular complexity index is 247. The molecule has 0 atom stereocenters. The average Bonchev–Trinajstić information content (AvgIpc) is 2.32. The summed E-state index contributed by atoms with van der Waals surface area (Å²) in [6, 6.07) is 0.326. The molecule has 0 bridgehead atoms. The van der Waals surface area contributed by atoms with Gasteiger partial charge in [0.2, 0.25) is 5.91 Å². The molecule has 0 aromatic carbocycles. The fourth-order valence-corrected chi connectivity index (χ4v) is 2.02. The largest absolute Gasteiger partial charge is 0.345 e. The summed E-state index contributed by atoms with van der Waals surface area (Å²) in [5.41, 5.74) is 5.84. The molecule has 1 rings (SSSR count). The first-order valence-corrected chi connectivity index (χ1v) is 6.46. The predicted octanol–water partition coefficient (Wildman–Crippen LogP) is 0.834. The van der Waals surface area contributed by atoms with Gasteiger partial charge in [-0.25, -0.2) is 0 Å². The summed E-state index contributed by atoms with van der Waals surface area (Å²) < 4.78 is 0. The van der Waals surface area contributed by atoms with Gasteiger partial charge in [-0.2, -0.15) is 0 Å². The van der Waals surface area contributed by atoms with Crippen LogP contribution in [-0.2, 0) is 4.79 Å². The van der Waals surface area contributed by atoms with Crippen molar-refractivity contribution in [2.75, 3.05) is 33.2 Å². The Hall–Kier alpha value is -0.870. The molecular formula is C13H25N3O. The molecule has 4 heteroatoms. The van der Waals surface area contributed by atoms with Crippen LogP contribution in [0.3, 0.4) is 0 Å². The molecule has 0 spiro atoms. The van der Waals surface area contributed by atoms with E-state index in [2.05, 4.69) is 11.5 Å². The van der Waals surface area contributed by atoms with Crippen LogP contribution in [0, 0.1) is 0 Å². The smallest absolute Gasteiger partial charge is 0.236 e. The molecule has 4 nitrogen and oxygen atoms in total. The number of nitrogens with zero attached hydrogens (tertiary/aromatic N) is 2. The molecule has 98 valence electrons. The van der Waals surface area contributed by atoms with E-state index < -0.39 is 0 Å². The van der Waals surface area contributed by atoms with Gasteiger partial charge in [-0.1, -0.05) is 6.08 Å². The fourth-order valence-electron chi connectivity index (χ4n) is 2.02. The minimum Gasteiger partial charge on any atom is -0.345 e. The molecule has 2 N–H and O–H groups in total. The van der Waals surface area contributed by atoms with Crippen LogP contribution in [0.15, 0.2) is 12.7 Å². The lowest BCUT2D eigenvalue weighted by Gasteiger charge is -2.30. The van der Waals surface area contributed by atoms with Gasteiger partial charge in [-0.15, -0.1) is 6.58 Å². The highest BCUT2D eigenvalue weighted by atomic mass is 16.2. The summed E-state index contributed by atoms with van der Waals surface area (Å²) in [7, 11) is 1.88. The standard InChI is InChI=1S/C13H25N3O/c1-3-4-5-8-15(2)13(17)11-16-9-6-12(14)7-10-16/h3,12H,1,4-11,14H2,2H3. The SMILES string of the molecule is C=CCCCN(C)C(=O)CN1CCC(N)CC1. The van der Waals surface area contributed by atoms with Crippen molar-refractivity contribution < 1.29 is 4.79 Å². The van der Waals surface area contributed by atoms with Crippen LogP contribution in [0.5, 0.6) is 0 Å². The van der Waals surface area contributed by atoms with Crippen molar-refractivity contribution >= 4 is 5.91 Å². The van der Waals surface area contributed by atoms with E-state index in [1.165, 1.54) is 0 Å². The lowest BCUT2D eigenvalue weighted by molar-refractivity contribution is -0.131. The number of likely N-dealkylation sites (N-methyl/N-ethyl adjacent to an activating group) is 1. The molecule has 1 fully saturated rings. The minimum atomic E-state index is 0.213. The number of amides is 1. The third kappa shape index (κ3) is 5.33. The highest BCUT2D eigenvalue weighted by molar-refractivity contribution is 5.77. The molecule has 0 aliphatic carbocycles. The number of hydrogen-bond acceptors (Lipinski definition) is 3. The first kappa shape index (κ1) is 14.2. The average molecular weight is 239 g/mol. The van der Waals surface area contributed by atoms with E-state index in [1.54, 1.807) is 0 Å². The predicted molar refractivity (Wildman–Crippen MR) is 70.7 cm³/mol. The zero-order valence-corrected chi connectivity index (χ0v) is 10.9. The molecule has 0 saturated carbocycles. The first-order chi connectivity index (χ1) is 8.13. The third-order valence-electron chi connectivity index (χ3n) is 3.32. The zero-order chi connectivity index (χ0) is 12.7. The van der Waals surface area contributed by atoms with Gasteiger partial charge in [-0.3, -0.25) is 9.69 Å². The Morgan fingerprint density at radius 3 is 2.76 bits per heavy atom. The van der Waals surface area contributed by atoms with Crippen LogP contribution >= 0.6 is 0 Å². The Labute approximate surface area is 104 Å². The normalized spacial score (nSPS) is 18.0. The molecule has 0 aromatic heterocycles. The van der Waals surface area contributed by atoms with E-state index in [-0.39, 0.29) is 5.91 Å². The van der Waals surface area contributed by atoms with Gasteiger partial charge in [-0.05, 0) is 25.7 Å². The Kier molecular flexibility index (Phi) is 6.22. The molecule has 17 heavy (non-hydrogen) atoms. The van der Waals surface area contributed by atoms with Crippen LogP contribution in [0.25, 0.3) is 0 Å². The summed E-state index contributed by atoms with van der Waals surface area (Å²) >= 11 is 0. The molecule has 1 saturated heterocycles. The van der Waals surface area contributed by atoms with Crippen LogP contribution in [0.2, 0.25) is 0 Å². The van der Waals surface area contributed by atoms with Gasteiger partial charge in [0.15, 0.2) is 0 Å². The molecule has 0 aromatic rings. The summed E-state index contributed by atoms with van der Waals surface area (Å²) in [6.07, 6.45) is 5.87. The van der Waals surface area contributed by atoms with E-state index in [0.29, 0.717) is 12.6 Å². The topological polar surface area (TPSA) is 49.6 Å². The number of piperidine rings is 1. The number of carbonyl (C=O) groups excluding carboxylic acids is 1. The van der Waals surface area contributed by atoms with E-state index in [1.807, 2.05) is 18.0 Å². The third-order valence-corrected chi connectivity index (χ3v) is 3.32. The van der Waals surface area contributed by atoms with E-state index in [4.69, 9.17) is 5.73 Å². The second-order valence-corrected chi connectivity index (χ2v) is 4.86. The van der Waals surface area contributed by atoms with Crippen molar-refractivity contribution in [2.45, 2.75) is 31.7 Å². The maximum absolute atomic E-state index is 11.9. The van der Waals surface area contributed by atoms with Crippen molar-refractivity contribution in [2.24, 2.45) is 5.73 Å². The fraction of sp³-hybridized carbons (Fsp3) is 0.769. The van der Waals surface area contributed by atoms with Crippen molar-refractivity contribution in [3.05, 3.63) is 12.7 Å². The zero-order valence-electron chi connectivity index (χ0n) is 10.9. The summed E-state index contributed by atoms with van der Waals surface area (Å²) in [5.74, 6) is 0.213. The van der Waals surface area contributed by atoms with Crippen molar-refractivity contribution in [1.29, 1.82) is 0 Å². The van der Waals surface area contributed by atoms with Crippen LogP contribution in [-0.4, -0.2) is 55.0 Å². The first-order valence-electron chi connectivity index (χ1n) is 6.46. The molecule has 0 unspecified atom stereocenters. The van der Waals surface area contributed by atoms with Crippen molar-refractivity contribution in [3.63, 3.8) is 0 Å².